The van der Waals surface area contributed by atoms with Gasteiger partial charge in [0.1, 0.15) is 11.5 Å². The second kappa shape index (κ2) is 7.14. The molecule has 1 rings (SSSR count). The Morgan fingerprint density at radius 1 is 1.24 bits per heavy atom. The first-order valence-electron chi connectivity index (χ1n) is 5.86. The number of likely N-dealkylation sites (N-methyl/N-ethyl adjacent to an activating group) is 2. The van der Waals surface area contributed by atoms with Crippen molar-refractivity contribution in [3.8, 4) is 11.5 Å². The molecule has 0 amide bonds. The zero-order valence-electron chi connectivity index (χ0n) is 11.0. The van der Waals surface area contributed by atoms with Gasteiger partial charge in [-0.05, 0) is 19.7 Å². The number of rotatable bonds is 7. The zero-order valence-corrected chi connectivity index (χ0v) is 11.0. The third kappa shape index (κ3) is 3.61. The predicted molar refractivity (Wildman–Crippen MR) is 69.9 cm³/mol. The minimum Gasteiger partial charge on any atom is -0.497 e. The summed E-state index contributed by atoms with van der Waals surface area (Å²) in [5.74, 6) is 1.66. The fourth-order valence-corrected chi connectivity index (χ4v) is 1.76. The Bertz CT molecular complexity index is 342. The van der Waals surface area contributed by atoms with Gasteiger partial charge in [-0.3, -0.25) is 0 Å². The van der Waals surface area contributed by atoms with E-state index in [1.807, 2.05) is 25.2 Å². The molecule has 0 spiro atoms. The summed E-state index contributed by atoms with van der Waals surface area (Å²) < 4.78 is 10.6. The molecule has 0 bridgehead atoms. The molecule has 2 N–H and O–H groups in total. The Morgan fingerprint density at radius 2 is 2.00 bits per heavy atom. The SMILES string of the molecule is CCNCC(NC)c1ccc(OC)cc1OC. The average Bonchev–Trinajstić information content (AvgIpc) is 2.39. The van der Waals surface area contributed by atoms with E-state index in [0.29, 0.717) is 0 Å². The van der Waals surface area contributed by atoms with Crippen molar-refractivity contribution < 1.29 is 9.47 Å². The van der Waals surface area contributed by atoms with E-state index in [4.69, 9.17) is 9.47 Å². The van der Waals surface area contributed by atoms with E-state index in [1.54, 1.807) is 14.2 Å². The molecule has 0 aliphatic rings. The van der Waals surface area contributed by atoms with Crippen LogP contribution in [0.25, 0.3) is 0 Å². The molecule has 1 atom stereocenters. The molecule has 0 saturated carbocycles. The first-order valence-corrected chi connectivity index (χ1v) is 5.86. The van der Waals surface area contributed by atoms with Crippen LogP contribution in [0, 0.1) is 0 Å². The Labute approximate surface area is 103 Å². The fraction of sp³-hybridized carbons (Fsp3) is 0.538. The minimum atomic E-state index is 0.232. The summed E-state index contributed by atoms with van der Waals surface area (Å²) in [5, 5.41) is 6.61. The molecule has 0 fully saturated rings. The summed E-state index contributed by atoms with van der Waals surface area (Å²) >= 11 is 0. The topological polar surface area (TPSA) is 42.5 Å². The van der Waals surface area contributed by atoms with E-state index in [9.17, 15) is 0 Å². The summed E-state index contributed by atoms with van der Waals surface area (Å²) in [4.78, 5) is 0. The van der Waals surface area contributed by atoms with Gasteiger partial charge in [0.15, 0.2) is 0 Å². The summed E-state index contributed by atoms with van der Waals surface area (Å²) in [5.41, 5.74) is 1.14. The van der Waals surface area contributed by atoms with Gasteiger partial charge in [0, 0.05) is 24.2 Å². The van der Waals surface area contributed by atoms with Crippen molar-refractivity contribution in [3.63, 3.8) is 0 Å². The normalized spacial score (nSPS) is 12.2. The van der Waals surface area contributed by atoms with Crippen LogP contribution >= 0.6 is 0 Å². The molecular formula is C13H22N2O2. The fourth-order valence-electron chi connectivity index (χ4n) is 1.76. The van der Waals surface area contributed by atoms with E-state index < -0.39 is 0 Å². The Morgan fingerprint density at radius 3 is 2.53 bits per heavy atom. The van der Waals surface area contributed by atoms with Crippen LogP contribution in [0.15, 0.2) is 18.2 Å². The van der Waals surface area contributed by atoms with Crippen molar-refractivity contribution >= 4 is 0 Å². The van der Waals surface area contributed by atoms with Crippen molar-refractivity contribution in [2.45, 2.75) is 13.0 Å². The third-order valence-corrected chi connectivity index (χ3v) is 2.76. The highest BCUT2D eigenvalue weighted by molar-refractivity contribution is 5.42. The van der Waals surface area contributed by atoms with E-state index in [1.165, 1.54) is 0 Å². The van der Waals surface area contributed by atoms with Crippen molar-refractivity contribution in [1.82, 2.24) is 10.6 Å². The van der Waals surface area contributed by atoms with Crippen molar-refractivity contribution in [2.24, 2.45) is 0 Å². The Hall–Kier alpha value is -1.26. The van der Waals surface area contributed by atoms with Crippen LogP contribution in [0.3, 0.4) is 0 Å². The predicted octanol–water partition coefficient (Wildman–Crippen LogP) is 1.57. The van der Waals surface area contributed by atoms with Crippen LogP contribution in [0.2, 0.25) is 0 Å². The van der Waals surface area contributed by atoms with Crippen LogP contribution in [0.5, 0.6) is 11.5 Å². The van der Waals surface area contributed by atoms with Gasteiger partial charge < -0.3 is 20.1 Å². The first-order chi connectivity index (χ1) is 8.26. The van der Waals surface area contributed by atoms with Crippen LogP contribution in [-0.4, -0.2) is 34.4 Å². The third-order valence-electron chi connectivity index (χ3n) is 2.76. The van der Waals surface area contributed by atoms with Gasteiger partial charge >= 0.3 is 0 Å². The summed E-state index contributed by atoms with van der Waals surface area (Å²) in [6.07, 6.45) is 0. The lowest BCUT2D eigenvalue weighted by Crippen LogP contribution is -2.29. The average molecular weight is 238 g/mol. The highest BCUT2D eigenvalue weighted by Gasteiger charge is 2.14. The Balaban J connectivity index is 2.93. The van der Waals surface area contributed by atoms with Gasteiger partial charge in [0.2, 0.25) is 0 Å². The second-order valence-corrected chi connectivity index (χ2v) is 3.76. The van der Waals surface area contributed by atoms with Crippen LogP contribution in [0.4, 0.5) is 0 Å². The van der Waals surface area contributed by atoms with E-state index >= 15 is 0 Å². The maximum absolute atomic E-state index is 5.40. The molecule has 0 aromatic heterocycles. The Kier molecular flexibility index (Phi) is 5.80. The van der Waals surface area contributed by atoms with Gasteiger partial charge in [0.05, 0.1) is 14.2 Å². The summed E-state index contributed by atoms with van der Waals surface area (Å²) in [6, 6.07) is 6.13. The molecule has 0 aliphatic heterocycles. The monoisotopic (exact) mass is 238 g/mol. The number of ether oxygens (including phenoxy) is 2. The van der Waals surface area contributed by atoms with E-state index in [-0.39, 0.29) is 6.04 Å². The van der Waals surface area contributed by atoms with Crippen molar-refractivity contribution in [2.75, 3.05) is 34.4 Å². The lowest BCUT2D eigenvalue weighted by Gasteiger charge is -2.20. The highest BCUT2D eigenvalue weighted by Crippen LogP contribution is 2.29. The minimum absolute atomic E-state index is 0.232. The number of hydrogen-bond acceptors (Lipinski definition) is 4. The molecule has 4 nitrogen and oxygen atoms in total. The van der Waals surface area contributed by atoms with Crippen LogP contribution < -0.4 is 20.1 Å². The van der Waals surface area contributed by atoms with Crippen LogP contribution in [-0.2, 0) is 0 Å². The van der Waals surface area contributed by atoms with Crippen LogP contribution in [0.1, 0.15) is 18.5 Å². The van der Waals surface area contributed by atoms with Gasteiger partial charge in [-0.1, -0.05) is 13.0 Å². The standard InChI is InChI=1S/C13H22N2O2/c1-5-15-9-12(14-2)11-7-6-10(16-3)8-13(11)17-4/h6-8,12,14-15H,5,9H2,1-4H3. The molecule has 0 aliphatic carbocycles. The van der Waals surface area contributed by atoms with Gasteiger partial charge in [-0.15, -0.1) is 0 Å². The van der Waals surface area contributed by atoms with Gasteiger partial charge in [-0.2, -0.15) is 0 Å². The molecule has 17 heavy (non-hydrogen) atoms. The summed E-state index contributed by atoms with van der Waals surface area (Å²) in [7, 11) is 5.28. The number of methoxy groups -OCH3 is 2. The van der Waals surface area contributed by atoms with E-state index in [0.717, 1.165) is 30.2 Å². The lowest BCUT2D eigenvalue weighted by atomic mass is 10.1. The molecule has 0 radical (unpaired) electrons. The smallest absolute Gasteiger partial charge is 0.127 e. The maximum Gasteiger partial charge on any atom is 0.127 e. The zero-order chi connectivity index (χ0) is 12.7. The molecule has 1 aromatic carbocycles. The number of nitrogens with one attached hydrogen (secondary N) is 2. The maximum atomic E-state index is 5.40. The number of benzene rings is 1. The molecule has 1 unspecified atom stereocenters. The molecular weight excluding hydrogens is 216 g/mol. The quantitative estimate of drug-likeness (QED) is 0.757. The van der Waals surface area contributed by atoms with E-state index in [2.05, 4.69) is 17.6 Å². The second-order valence-electron chi connectivity index (χ2n) is 3.76. The van der Waals surface area contributed by atoms with Gasteiger partial charge in [0.25, 0.3) is 0 Å². The summed E-state index contributed by atoms with van der Waals surface area (Å²) in [6.45, 7) is 3.92. The molecule has 0 saturated heterocycles. The molecule has 4 heteroatoms. The molecule has 96 valence electrons. The molecule has 0 heterocycles. The largest absolute Gasteiger partial charge is 0.497 e. The van der Waals surface area contributed by atoms with Crippen molar-refractivity contribution in [3.05, 3.63) is 23.8 Å². The number of hydrogen-bond donors (Lipinski definition) is 2. The first kappa shape index (κ1) is 13.8. The van der Waals surface area contributed by atoms with Gasteiger partial charge in [-0.25, -0.2) is 0 Å². The van der Waals surface area contributed by atoms with Crippen molar-refractivity contribution in [1.29, 1.82) is 0 Å². The highest BCUT2D eigenvalue weighted by atomic mass is 16.5. The lowest BCUT2D eigenvalue weighted by molar-refractivity contribution is 0.384. The molecule has 1 aromatic rings.